The van der Waals surface area contributed by atoms with Crippen LogP contribution in [0.15, 0.2) is 16.6 Å². The molecule has 2 rings (SSSR count). The smallest absolute Gasteiger partial charge is 0.175 e. The number of nitrogens with two attached hydrogens (primary N) is 1. The standard InChI is InChI=1S/C15H22BrNO2/c1-14(2)8-18-12-6-10(7-15(3,4)17)5-11(16)13(12)19-9-14/h5-6H,7-9,17H2,1-4H3. The van der Waals surface area contributed by atoms with Crippen LogP contribution in [0.5, 0.6) is 11.5 Å². The molecule has 0 aromatic heterocycles. The molecule has 0 unspecified atom stereocenters. The first-order chi connectivity index (χ1) is 8.66. The van der Waals surface area contributed by atoms with E-state index in [1.165, 1.54) is 0 Å². The molecule has 0 spiro atoms. The van der Waals surface area contributed by atoms with Gasteiger partial charge in [0, 0.05) is 11.0 Å². The van der Waals surface area contributed by atoms with Crippen molar-refractivity contribution < 1.29 is 9.47 Å². The molecule has 4 heteroatoms. The summed E-state index contributed by atoms with van der Waals surface area (Å²) in [5, 5.41) is 0. The minimum atomic E-state index is -0.238. The van der Waals surface area contributed by atoms with Gasteiger partial charge in [0.1, 0.15) is 0 Å². The van der Waals surface area contributed by atoms with E-state index in [-0.39, 0.29) is 11.0 Å². The van der Waals surface area contributed by atoms with Crippen molar-refractivity contribution >= 4 is 15.9 Å². The third-order valence-electron chi connectivity index (χ3n) is 2.95. The molecule has 0 radical (unpaired) electrons. The van der Waals surface area contributed by atoms with Gasteiger partial charge in [-0.15, -0.1) is 0 Å². The monoisotopic (exact) mass is 327 g/mol. The van der Waals surface area contributed by atoms with Crippen LogP contribution in [0.2, 0.25) is 0 Å². The predicted molar refractivity (Wildman–Crippen MR) is 80.9 cm³/mol. The van der Waals surface area contributed by atoms with Gasteiger partial charge in [-0.2, -0.15) is 0 Å². The van der Waals surface area contributed by atoms with Crippen LogP contribution < -0.4 is 15.2 Å². The van der Waals surface area contributed by atoms with Crippen LogP contribution in [0.25, 0.3) is 0 Å². The van der Waals surface area contributed by atoms with E-state index in [0.29, 0.717) is 13.2 Å². The summed E-state index contributed by atoms with van der Waals surface area (Å²) in [4.78, 5) is 0. The molecule has 0 atom stereocenters. The quantitative estimate of drug-likeness (QED) is 0.903. The van der Waals surface area contributed by atoms with E-state index in [9.17, 15) is 0 Å². The first-order valence-electron chi connectivity index (χ1n) is 6.53. The lowest BCUT2D eigenvalue weighted by molar-refractivity contribution is 0.140. The fourth-order valence-corrected chi connectivity index (χ4v) is 2.68. The molecular formula is C15H22BrNO2. The summed E-state index contributed by atoms with van der Waals surface area (Å²) in [7, 11) is 0. The second-order valence-corrected chi connectivity index (χ2v) is 7.67. The zero-order valence-corrected chi connectivity index (χ0v) is 13.6. The minimum absolute atomic E-state index is 0.0196. The second-order valence-electron chi connectivity index (χ2n) is 6.81. The first kappa shape index (κ1) is 14.7. The SMILES string of the molecule is CC(C)(N)Cc1cc(Br)c2c(c1)OCC(C)(C)CO2. The molecule has 1 aliphatic heterocycles. The Kier molecular flexibility index (Phi) is 3.85. The average Bonchev–Trinajstić information content (AvgIpc) is 2.36. The Morgan fingerprint density at radius 2 is 1.89 bits per heavy atom. The first-order valence-corrected chi connectivity index (χ1v) is 7.33. The highest BCUT2D eigenvalue weighted by Gasteiger charge is 2.27. The van der Waals surface area contributed by atoms with Gasteiger partial charge >= 0.3 is 0 Å². The summed E-state index contributed by atoms with van der Waals surface area (Å²) < 4.78 is 12.7. The van der Waals surface area contributed by atoms with Crippen LogP contribution in [-0.4, -0.2) is 18.8 Å². The summed E-state index contributed by atoms with van der Waals surface area (Å²) in [5.41, 5.74) is 7.02. The van der Waals surface area contributed by atoms with Crippen LogP contribution in [0.1, 0.15) is 33.3 Å². The van der Waals surface area contributed by atoms with Gasteiger partial charge in [-0.1, -0.05) is 13.8 Å². The van der Waals surface area contributed by atoms with E-state index >= 15 is 0 Å². The van der Waals surface area contributed by atoms with Crippen LogP contribution in [0.3, 0.4) is 0 Å². The van der Waals surface area contributed by atoms with Gasteiger partial charge in [-0.05, 0) is 53.9 Å². The Balaban J connectivity index is 2.32. The molecule has 1 heterocycles. The highest BCUT2D eigenvalue weighted by Crippen LogP contribution is 2.40. The molecule has 0 saturated heterocycles. The Labute approximate surface area is 123 Å². The third kappa shape index (κ3) is 3.86. The highest BCUT2D eigenvalue weighted by molar-refractivity contribution is 9.10. The predicted octanol–water partition coefficient (Wildman–Crippen LogP) is 3.53. The number of halogens is 1. The van der Waals surface area contributed by atoms with E-state index in [1.807, 2.05) is 19.9 Å². The van der Waals surface area contributed by atoms with Crippen molar-refractivity contribution in [1.82, 2.24) is 0 Å². The Morgan fingerprint density at radius 3 is 2.53 bits per heavy atom. The molecule has 1 aromatic carbocycles. The Hall–Kier alpha value is -0.740. The molecule has 1 aliphatic rings. The van der Waals surface area contributed by atoms with E-state index in [1.54, 1.807) is 0 Å². The van der Waals surface area contributed by atoms with E-state index < -0.39 is 0 Å². The summed E-state index contributed by atoms with van der Waals surface area (Å²) in [6.45, 7) is 9.62. The maximum Gasteiger partial charge on any atom is 0.175 e. The zero-order chi connectivity index (χ0) is 14.3. The maximum absolute atomic E-state index is 6.08. The maximum atomic E-state index is 6.08. The van der Waals surface area contributed by atoms with Gasteiger partial charge in [0.2, 0.25) is 0 Å². The zero-order valence-electron chi connectivity index (χ0n) is 12.0. The minimum Gasteiger partial charge on any atom is -0.489 e. The van der Waals surface area contributed by atoms with Gasteiger partial charge in [0.25, 0.3) is 0 Å². The summed E-state index contributed by atoms with van der Waals surface area (Å²) >= 11 is 3.57. The molecule has 0 aliphatic carbocycles. The molecule has 0 amide bonds. The topological polar surface area (TPSA) is 44.5 Å². The number of rotatable bonds is 2. The lowest BCUT2D eigenvalue weighted by Crippen LogP contribution is -2.34. The van der Waals surface area contributed by atoms with Crippen LogP contribution in [0.4, 0.5) is 0 Å². The Bertz CT molecular complexity index is 478. The summed E-state index contributed by atoms with van der Waals surface area (Å²) in [6.07, 6.45) is 0.797. The molecule has 1 aromatic rings. The molecule has 0 fully saturated rings. The van der Waals surface area contributed by atoms with Crippen LogP contribution in [-0.2, 0) is 6.42 Å². The average molecular weight is 328 g/mol. The lowest BCUT2D eigenvalue weighted by Gasteiger charge is -2.20. The van der Waals surface area contributed by atoms with Gasteiger partial charge in [0.05, 0.1) is 17.7 Å². The highest BCUT2D eigenvalue weighted by atomic mass is 79.9. The van der Waals surface area contributed by atoms with Crippen molar-refractivity contribution in [2.45, 2.75) is 39.7 Å². The summed E-state index contributed by atoms with van der Waals surface area (Å²) in [6, 6.07) is 4.10. The van der Waals surface area contributed by atoms with E-state index in [0.717, 1.165) is 28.0 Å². The van der Waals surface area contributed by atoms with Crippen LogP contribution in [0, 0.1) is 5.41 Å². The number of ether oxygens (including phenoxy) is 2. The number of fused-ring (bicyclic) bond motifs is 1. The molecule has 3 nitrogen and oxygen atoms in total. The van der Waals surface area contributed by atoms with Gasteiger partial charge in [-0.25, -0.2) is 0 Å². The van der Waals surface area contributed by atoms with Crippen molar-refractivity contribution in [1.29, 1.82) is 0 Å². The van der Waals surface area contributed by atoms with Crippen molar-refractivity contribution in [3.8, 4) is 11.5 Å². The normalized spacial score (nSPS) is 18.0. The van der Waals surface area contributed by atoms with Gasteiger partial charge in [-0.3, -0.25) is 0 Å². The van der Waals surface area contributed by atoms with E-state index in [2.05, 4.69) is 35.8 Å². The molecule has 0 saturated carbocycles. The second kappa shape index (κ2) is 4.98. The molecule has 2 N–H and O–H groups in total. The van der Waals surface area contributed by atoms with Crippen molar-refractivity contribution in [3.05, 3.63) is 22.2 Å². The van der Waals surface area contributed by atoms with Crippen molar-refractivity contribution in [3.63, 3.8) is 0 Å². The number of hydrogen-bond donors (Lipinski definition) is 1. The van der Waals surface area contributed by atoms with Crippen molar-refractivity contribution in [2.24, 2.45) is 11.1 Å². The molecule has 19 heavy (non-hydrogen) atoms. The fraction of sp³-hybridized carbons (Fsp3) is 0.600. The van der Waals surface area contributed by atoms with E-state index in [4.69, 9.17) is 15.2 Å². The Morgan fingerprint density at radius 1 is 1.26 bits per heavy atom. The number of hydrogen-bond acceptors (Lipinski definition) is 3. The fourth-order valence-electron chi connectivity index (χ4n) is 2.08. The molecular weight excluding hydrogens is 306 g/mol. The summed E-state index contributed by atoms with van der Waals surface area (Å²) in [5.74, 6) is 1.60. The molecule has 0 bridgehead atoms. The molecule has 106 valence electrons. The lowest BCUT2D eigenvalue weighted by atomic mass is 9.96. The van der Waals surface area contributed by atoms with Gasteiger partial charge < -0.3 is 15.2 Å². The largest absolute Gasteiger partial charge is 0.489 e. The van der Waals surface area contributed by atoms with Crippen LogP contribution >= 0.6 is 15.9 Å². The van der Waals surface area contributed by atoms with Gasteiger partial charge in [0.15, 0.2) is 11.5 Å². The third-order valence-corrected chi connectivity index (χ3v) is 3.54. The number of benzene rings is 1. The van der Waals surface area contributed by atoms with Crippen molar-refractivity contribution in [2.75, 3.05) is 13.2 Å².